The first-order chi connectivity index (χ1) is 14.4. The third-order valence-electron chi connectivity index (χ3n) is 5.51. The Kier molecular flexibility index (Phi) is 5.64. The van der Waals surface area contributed by atoms with Gasteiger partial charge < -0.3 is 9.80 Å². The molecule has 0 atom stereocenters. The Balaban J connectivity index is 1.76. The molecule has 3 aromatic rings. The lowest BCUT2D eigenvalue weighted by atomic mass is 10.1. The molecule has 0 spiro atoms. The molecule has 1 aliphatic rings. The molecule has 1 aliphatic heterocycles. The molecule has 1 amide bonds. The van der Waals surface area contributed by atoms with Crippen molar-refractivity contribution in [1.29, 1.82) is 0 Å². The predicted octanol–water partition coefficient (Wildman–Crippen LogP) is 3.64. The van der Waals surface area contributed by atoms with Crippen molar-refractivity contribution in [2.24, 2.45) is 5.92 Å². The van der Waals surface area contributed by atoms with Gasteiger partial charge in [0.25, 0.3) is 0 Å². The van der Waals surface area contributed by atoms with Crippen LogP contribution in [0.5, 0.6) is 0 Å². The van der Waals surface area contributed by atoms with Crippen molar-refractivity contribution in [3.8, 4) is 5.69 Å². The van der Waals surface area contributed by atoms with Gasteiger partial charge in [-0.25, -0.2) is 14.6 Å². The molecule has 7 nitrogen and oxygen atoms in total. The normalized spacial score (nSPS) is 14.7. The first-order valence-corrected chi connectivity index (χ1v) is 10.8. The molecule has 0 unspecified atom stereocenters. The van der Waals surface area contributed by atoms with Gasteiger partial charge in [-0.1, -0.05) is 44.5 Å². The van der Waals surface area contributed by atoms with Gasteiger partial charge in [-0.05, 0) is 19.1 Å². The highest BCUT2D eigenvalue weighted by Gasteiger charge is 2.27. The van der Waals surface area contributed by atoms with Gasteiger partial charge in [-0.15, -0.1) is 0 Å². The first-order valence-electron chi connectivity index (χ1n) is 10.5. The van der Waals surface area contributed by atoms with Crippen molar-refractivity contribution in [1.82, 2.24) is 24.6 Å². The van der Waals surface area contributed by atoms with Gasteiger partial charge in [0.2, 0.25) is 5.91 Å². The van der Waals surface area contributed by atoms with E-state index < -0.39 is 0 Å². The summed E-state index contributed by atoms with van der Waals surface area (Å²) < 4.78 is 1.82. The summed E-state index contributed by atoms with van der Waals surface area (Å²) in [5, 5.41) is 6.32. The quantitative estimate of drug-likeness (QED) is 0.637. The lowest BCUT2D eigenvalue weighted by molar-refractivity contribution is -0.134. The summed E-state index contributed by atoms with van der Waals surface area (Å²) in [6.45, 7) is 10.8. The summed E-state index contributed by atoms with van der Waals surface area (Å²) >= 11 is 6.45. The summed E-state index contributed by atoms with van der Waals surface area (Å²) in [6, 6.07) is 7.64. The molecule has 0 bridgehead atoms. The van der Waals surface area contributed by atoms with Crippen LogP contribution in [0.15, 0.2) is 24.3 Å². The molecule has 158 valence electrons. The molecular formula is C22H27ClN6O. The summed E-state index contributed by atoms with van der Waals surface area (Å²) in [5.41, 5.74) is 2.43. The van der Waals surface area contributed by atoms with Crippen molar-refractivity contribution < 1.29 is 4.79 Å². The van der Waals surface area contributed by atoms with Crippen LogP contribution >= 0.6 is 11.6 Å². The number of aryl methyl sites for hydroxylation is 2. The van der Waals surface area contributed by atoms with E-state index in [1.165, 1.54) is 0 Å². The van der Waals surface area contributed by atoms with E-state index in [-0.39, 0.29) is 11.8 Å². The number of para-hydroxylation sites is 1. The Bertz CT molecular complexity index is 1080. The van der Waals surface area contributed by atoms with Gasteiger partial charge in [-0.3, -0.25) is 4.79 Å². The standard InChI is InChI=1S/C22H27ClN6O/c1-5-18-24-20(27-10-12-28(13-11-27)22(30)14(2)3)19-15(4)26-29(21(19)25-18)17-9-7-6-8-16(17)23/h6-9,14H,5,10-13H2,1-4H3. The van der Waals surface area contributed by atoms with Gasteiger partial charge in [0.1, 0.15) is 11.6 Å². The van der Waals surface area contributed by atoms with E-state index in [0.717, 1.165) is 53.6 Å². The fourth-order valence-corrected chi connectivity index (χ4v) is 4.10. The maximum Gasteiger partial charge on any atom is 0.225 e. The summed E-state index contributed by atoms with van der Waals surface area (Å²) in [7, 11) is 0. The van der Waals surface area contributed by atoms with Crippen LogP contribution in [0, 0.1) is 12.8 Å². The third kappa shape index (κ3) is 3.62. The molecule has 0 aliphatic carbocycles. The molecular weight excluding hydrogens is 400 g/mol. The smallest absolute Gasteiger partial charge is 0.225 e. The zero-order chi connectivity index (χ0) is 21.4. The van der Waals surface area contributed by atoms with Crippen molar-refractivity contribution in [3.05, 3.63) is 40.8 Å². The van der Waals surface area contributed by atoms with Gasteiger partial charge in [-0.2, -0.15) is 5.10 Å². The molecule has 0 saturated carbocycles. The van der Waals surface area contributed by atoms with Crippen LogP contribution in [-0.4, -0.2) is 56.7 Å². The second-order valence-corrected chi connectivity index (χ2v) is 8.34. The van der Waals surface area contributed by atoms with Crippen LogP contribution < -0.4 is 4.90 Å². The highest BCUT2D eigenvalue weighted by atomic mass is 35.5. The number of anilines is 1. The number of amides is 1. The number of benzene rings is 1. The number of piperazine rings is 1. The Morgan fingerprint density at radius 2 is 1.83 bits per heavy atom. The van der Waals surface area contributed by atoms with Crippen molar-refractivity contribution in [2.45, 2.75) is 34.1 Å². The van der Waals surface area contributed by atoms with Gasteiger partial charge in [0, 0.05) is 38.5 Å². The molecule has 3 heterocycles. The predicted molar refractivity (Wildman–Crippen MR) is 119 cm³/mol. The minimum absolute atomic E-state index is 0.0186. The Morgan fingerprint density at radius 1 is 1.13 bits per heavy atom. The lowest BCUT2D eigenvalue weighted by Crippen LogP contribution is -2.50. The average molecular weight is 427 g/mol. The number of halogens is 1. The zero-order valence-corrected chi connectivity index (χ0v) is 18.6. The fraction of sp³-hybridized carbons (Fsp3) is 0.455. The number of carbonyl (C=O) groups is 1. The molecule has 1 saturated heterocycles. The number of rotatable bonds is 4. The summed E-state index contributed by atoms with van der Waals surface area (Å²) in [5.74, 6) is 1.89. The van der Waals surface area contributed by atoms with Gasteiger partial charge in [0.15, 0.2) is 5.65 Å². The Morgan fingerprint density at radius 3 is 2.47 bits per heavy atom. The second-order valence-electron chi connectivity index (χ2n) is 7.93. The highest BCUT2D eigenvalue weighted by molar-refractivity contribution is 6.32. The molecule has 8 heteroatoms. The van der Waals surface area contributed by atoms with Crippen molar-refractivity contribution in [2.75, 3.05) is 31.1 Å². The van der Waals surface area contributed by atoms with Crippen molar-refractivity contribution >= 4 is 34.4 Å². The minimum atomic E-state index is 0.0186. The second kappa shape index (κ2) is 8.22. The SMILES string of the molecule is CCc1nc(N2CCN(C(=O)C(C)C)CC2)c2c(C)nn(-c3ccccc3Cl)c2n1. The fourth-order valence-electron chi connectivity index (χ4n) is 3.89. The Hall–Kier alpha value is -2.67. The maximum atomic E-state index is 12.4. The van der Waals surface area contributed by atoms with E-state index in [4.69, 9.17) is 26.7 Å². The molecule has 4 rings (SSSR count). The van der Waals surface area contributed by atoms with E-state index >= 15 is 0 Å². The highest BCUT2D eigenvalue weighted by Crippen LogP contribution is 2.31. The molecule has 30 heavy (non-hydrogen) atoms. The van der Waals surface area contributed by atoms with E-state index in [9.17, 15) is 4.79 Å². The molecule has 0 N–H and O–H groups in total. The number of hydrogen-bond acceptors (Lipinski definition) is 5. The average Bonchev–Trinajstić information content (AvgIpc) is 3.09. The number of aromatic nitrogens is 4. The van der Waals surface area contributed by atoms with E-state index in [1.807, 2.05) is 61.5 Å². The number of nitrogens with zero attached hydrogens (tertiary/aromatic N) is 6. The monoisotopic (exact) mass is 426 g/mol. The topological polar surface area (TPSA) is 67.2 Å². The first kappa shape index (κ1) is 20.6. The van der Waals surface area contributed by atoms with Crippen LogP contribution in [0.4, 0.5) is 5.82 Å². The molecule has 2 aromatic heterocycles. The largest absolute Gasteiger partial charge is 0.352 e. The minimum Gasteiger partial charge on any atom is -0.352 e. The summed E-state index contributed by atoms with van der Waals surface area (Å²) in [6.07, 6.45) is 0.724. The zero-order valence-electron chi connectivity index (χ0n) is 17.9. The Labute approximate surface area is 181 Å². The number of carbonyl (C=O) groups excluding carboxylic acids is 1. The van der Waals surface area contributed by atoms with Crippen LogP contribution in [0.2, 0.25) is 5.02 Å². The lowest BCUT2D eigenvalue weighted by Gasteiger charge is -2.36. The van der Waals surface area contributed by atoms with Crippen LogP contribution in [0.1, 0.15) is 32.3 Å². The number of fused-ring (bicyclic) bond motifs is 1. The molecule has 1 fully saturated rings. The van der Waals surface area contributed by atoms with Crippen LogP contribution in [0.25, 0.3) is 16.7 Å². The van der Waals surface area contributed by atoms with E-state index in [1.54, 1.807) is 0 Å². The van der Waals surface area contributed by atoms with Gasteiger partial charge in [0.05, 0.1) is 21.8 Å². The van der Waals surface area contributed by atoms with E-state index in [0.29, 0.717) is 18.1 Å². The van der Waals surface area contributed by atoms with Gasteiger partial charge >= 0.3 is 0 Å². The van der Waals surface area contributed by atoms with Crippen LogP contribution in [-0.2, 0) is 11.2 Å². The third-order valence-corrected chi connectivity index (χ3v) is 5.83. The summed E-state index contributed by atoms with van der Waals surface area (Å²) in [4.78, 5) is 26.2. The molecule has 0 radical (unpaired) electrons. The van der Waals surface area contributed by atoms with Crippen LogP contribution in [0.3, 0.4) is 0 Å². The van der Waals surface area contributed by atoms with E-state index in [2.05, 4.69) is 4.90 Å². The van der Waals surface area contributed by atoms with Crippen molar-refractivity contribution in [3.63, 3.8) is 0 Å². The number of hydrogen-bond donors (Lipinski definition) is 0. The maximum absolute atomic E-state index is 12.4. The molecule has 1 aromatic carbocycles.